The van der Waals surface area contributed by atoms with Gasteiger partial charge in [-0.05, 0) is 67.5 Å². The van der Waals surface area contributed by atoms with Crippen LogP contribution in [0.3, 0.4) is 0 Å². The Balaban J connectivity index is 1.80. The number of fused-ring (bicyclic) bond motifs is 1. The summed E-state index contributed by atoms with van der Waals surface area (Å²) in [6.45, 7) is 6.16. The number of hydrogen-bond donors (Lipinski definition) is 1. The highest BCUT2D eigenvalue weighted by atomic mass is 16.5. The van der Waals surface area contributed by atoms with Gasteiger partial charge in [0.25, 0.3) is 0 Å². The zero-order valence-corrected chi connectivity index (χ0v) is 17.2. The minimum Gasteiger partial charge on any atom is -0.466 e. The van der Waals surface area contributed by atoms with Crippen LogP contribution in [0, 0.1) is 13.8 Å². The molecule has 6 heteroatoms. The molecule has 0 radical (unpaired) electrons. The quantitative estimate of drug-likeness (QED) is 0.615. The van der Waals surface area contributed by atoms with Crippen LogP contribution in [0.5, 0.6) is 0 Å². The lowest BCUT2D eigenvalue weighted by molar-refractivity contribution is -0.143. The first-order valence-electron chi connectivity index (χ1n) is 10.2. The molecule has 1 aliphatic carbocycles. The van der Waals surface area contributed by atoms with E-state index in [1.165, 1.54) is 0 Å². The third-order valence-electron chi connectivity index (χ3n) is 5.83. The molecule has 1 saturated carbocycles. The van der Waals surface area contributed by atoms with E-state index in [0.29, 0.717) is 12.6 Å². The lowest BCUT2D eigenvalue weighted by atomic mass is 9.84. The second-order valence-electron chi connectivity index (χ2n) is 7.82. The molecule has 152 valence electrons. The molecule has 3 aromatic rings. The number of aromatic nitrogens is 3. The average molecular weight is 393 g/mol. The first-order chi connectivity index (χ1) is 14.0. The summed E-state index contributed by atoms with van der Waals surface area (Å²) in [5, 5.41) is 18.5. The van der Waals surface area contributed by atoms with Crippen molar-refractivity contribution in [2.45, 2.75) is 58.6 Å². The summed E-state index contributed by atoms with van der Waals surface area (Å²) in [7, 11) is 0. The molecular formula is C23H27N3O3. The number of aliphatic hydroxyl groups is 1. The fourth-order valence-corrected chi connectivity index (χ4v) is 3.99. The summed E-state index contributed by atoms with van der Waals surface area (Å²) < 4.78 is 7.26. The molecule has 29 heavy (non-hydrogen) atoms. The van der Waals surface area contributed by atoms with E-state index in [9.17, 15) is 9.90 Å². The van der Waals surface area contributed by atoms with E-state index in [1.807, 2.05) is 43.7 Å². The van der Waals surface area contributed by atoms with E-state index in [0.717, 1.165) is 51.7 Å². The van der Waals surface area contributed by atoms with Crippen LogP contribution in [-0.4, -0.2) is 32.7 Å². The Hall–Kier alpha value is -2.73. The predicted molar refractivity (Wildman–Crippen MR) is 111 cm³/mol. The predicted octanol–water partition coefficient (Wildman–Crippen LogP) is 3.96. The fourth-order valence-electron chi connectivity index (χ4n) is 3.99. The molecule has 0 bridgehead atoms. The van der Waals surface area contributed by atoms with Gasteiger partial charge < -0.3 is 9.84 Å². The van der Waals surface area contributed by atoms with Crippen LogP contribution in [0.2, 0.25) is 0 Å². The Morgan fingerprint density at radius 1 is 1.28 bits per heavy atom. The Morgan fingerprint density at radius 3 is 2.76 bits per heavy atom. The van der Waals surface area contributed by atoms with Crippen molar-refractivity contribution in [3.8, 4) is 0 Å². The van der Waals surface area contributed by atoms with E-state index < -0.39 is 0 Å². The third-order valence-corrected chi connectivity index (χ3v) is 5.83. The lowest BCUT2D eigenvalue weighted by Crippen LogP contribution is -2.13. The van der Waals surface area contributed by atoms with E-state index in [1.54, 1.807) is 0 Å². The second-order valence-corrected chi connectivity index (χ2v) is 7.82. The monoisotopic (exact) mass is 393 g/mol. The Morgan fingerprint density at radius 2 is 2.07 bits per heavy atom. The molecule has 0 saturated heterocycles. The Labute approximate surface area is 170 Å². The number of nitrogens with zero attached hydrogens (tertiary/aromatic N) is 3. The fraction of sp³-hybridized carbons (Fsp3) is 0.435. The van der Waals surface area contributed by atoms with Gasteiger partial charge in [-0.2, -0.15) is 0 Å². The molecule has 2 aromatic carbocycles. The maximum Gasteiger partial charge on any atom is 0.306 e. The molecule has 0 spiro atoms. The number of aliphatic hydroxyl groups excluding tert-OH is 1. The van der Waals surface area contributed by atoms with Gasteiger partial charge in [-0.1, -0.05) is 29.5 Å². The van der Waals surface area contributed by atoms with Gasteiger partial charge in [0.15, 0.2) is 0 Å². The summed E-state index contributed by atoms with van der Waals surface area (Å²) in [5.74, 6) is -0.403. The molecule has 1 aromatic heterocycles. The van der Waals surface area contributed by atoms with Crippen LogP contribution >= 0.6 is 0 Å². The van der Waals surface area contributed by atoms with Crippen molar-refractivity contribution in [3.05, 3.63) is 58.1 Å². The molecule has 1 N–H and O–H groups in total. The van der Waals surface area contributed by atoms with Gasteiger partial charge in [0.1, 0.15) is 5.52 Å². The van der Waals surface area contributed by atoms with Gasteiger partial charge in [0.05, 0.1) is 31.2 Å². The summed E-state index contributed by atoms with van der Waals surface area (Å²) in [6, 6.07) is 10.6. The summed E-state index contributed by atoms with van der Waals surface area (Å²) in [4.78, 5) is 12.4. The first-order valence-corrected chi connectivity index (χ1v) is 10.2. The highest BCUT2D eigenvalue weighted by molar-refractivity contribution is 5.81. The molecule has 1 unspecified atom stereocenters. The number of rotatable bonds is 7. The molecule has 1 heterocycles. The standard InChI is InChI=1S/C23H27N3O3/c1-4-29-22(28)12-20(16-6-5-14(2)17(11-16)13-27)19-9-10-21-23(15(19)3)24-25-26(21)18-7-8-18/h5-6,9-11,18,20,27H,4,7-8,12-13H2,1-3H3. The molecule has 6 nitrogen and oxygen atoms in total. The molecule has 1 aliphatic rings. The van der Waals surface area contributed by atoms with Gasteiger partial charge >= 0.3 is 5.97 Å². The second kappa shape index (κ2) is 7.95. The topological polar surface area (TPSA) is 77.2 Å². The van der Waals surface area contributed by atoms with Gasteiger partial charge in [0.2, 0.25) is 0 Å². The first kappa shape index (κ1) is 19.6. The molecule has 0 amide bonds. The van der Waals surface area contributed by atoms with Crippen molar-refractivity contribution in [1.82, 2.24) is 15.0 Å². The van der Waals surface area contributed by atoms with Crippen LogP contribution in [-0.2, 0) is 16.1 Å². The van der Waals surface area contributed by atoms with Crippen molar-refractivity contribution in [2.24, 2.45) is 0 Å². The SMILES string of the molecule is CCOC(=O)CC(c1ccc(C)c(CO)c1)c1ccc2c(nnn2C2CC2)c1C. The van der Waals surface area contributed by atoms with Gasteiger partial charge in [-0.3, -0.25) is 4.79 Å². The van der Waals surface area contributed by atoms with E-state index in [-0.39, 0.29) is 24.9 Å². The van der Waals surface area contributed by atoms with Crippen molar-refractivity contribution < 1.29 is 14.6 Å². The molecule has 4 rings (SSSR count). The smallest absolute Gasteiger partial charge is 0.306 e. The van der Waals surface area contributed by atoms with E-state index in [4.69, 9.17) is 4.74 Å². The van der Waals surface area contributed by atoms with Crippen LogP contribution < -0.4 is 0 Å². The van der Waals surface area contributed by atoms with Crippen molar-refractivity contribution in [1.29, 1.82) is 0 Å². The molecule has 1 atom stereocenters. The molecule has 0 aliphatic heterocycles. The van der Waals surface area contributed by atoms with Gasteiger partial charge in [0, 0.05) is 5.92 Å². The van der Waals surface area contributed by atoms with E-state index >= 15 is 0 Å². The van der Waals surface area contributed by atoms with Crippen LogP contribution in [0.25, 0.3) is 11.0 Å². The zero-order chi connectivity index (χ0) is 20.5. The summed E-state index contributed by atoms with van der Waals surface area (Å²) >= 11 is 0. The number of carbonyl (C=O) groups excluding carboxylic acids is 1. The summed E-state index contributed by atoms with van der Waals surface area (Å²) in [5.41, 5.74) is 6.91. The minimum atomic E-state index is -0.232. The zero-order valence-electron chi connectivity index (χ0n) is 17.2. The highest BCUT2D eigenvalue weighted by Crippen LogP contribution is 2.39. The largest absolute Gasteiger partial charge is 0.466 e. The van der Waals surface area contributed by atoms with Gasteiger partial charge in [-0.15, -0.1) is 5.10 Å². The summed E-state index contributed by atoms with van der Waals surface area (Å²) in [6.07, 6.45) is 2.54. The Kier molecular flexibility index (Phi) is 5.37. The number of benzene rings is 2. The van der Waals surface area contributed by atoms with Crippen molar-refractivity contribution in [2.75, 3.05) is 6.61 Å². The van der Waals surface area contributed by atoms with E-state index in [2.05, 4.69) is 22.4 Å². The highest BCUT2D eigenvalue weighted by Gasteiger charge is 2.28. The molecular weight excluding hydrogens is 366 g/mol. The van der Waals surface area contributed by atoms with Crippen molar-refractivity contribution in [3.63, 3.8) is 0 Å². The Bertz CT molecular complexity index is 1050. The van der Waals surface area contributed by atoms with Crippen LogP contribution in [0.15, 0.2) is 30.3 Å². The number of carbonyl (C=O) groups is 1. The number of esters is 1. The number of aryl methyl sites for hydroxylation is 2. The van der Waals surface area contributed by atoms with Gasteiger partial charge in [-0.25, -0.2) is 4.68 Å². The third kappa shape index (κ3) is 3.77. The van der Waals surface area contributed by atoms with Crippen LogP contribution in [0.1, 0.15) is 66.0 Å². The normalized spacial score (nSPS) is 14.9. The number of hydrogen-bond acceptors (Lipinski definition) is 5. The maximum atomic E-state index is 12.4. The average Bonchev–Trinajstić information content (AvgIpc) is 3.46. The van der Waals surface area contributed by atoms with Crippen LogP contribution in [0.4, 0.5) is 0 Å². The lowest BCUT2D eigenvalue weighted by Gasteiger charge is -2.21. The van der Waals surface area contributed by atoms with Crippen molar-refractivity contribution >= 4 is 17.0 Å². The maximum absolute atomic E-state index is 12.4. The number of ether oxygens (including phenoxy) is 1. The molecule has 1 fully saturated rings. The minimum absolute atomic E-state index is 0.0282.